The minimum Gasteiger partial charge on any atom is -0.480 e. The van der Waals surface area contributed by atoms with Gasteiger partial charge in [-0.05, 0) is 0 Å². The van der Waals surface area contributed by atoms with Gasteiger partial charge in [0, 0.05) is 0 Å². The van der Waals surface area contributed by atoms with E-state index < -0.39 is 34.4 Å². The van der Waals surface area contributed by atoms with Gasteiger partial charge in [0.05, 0.1) is 12.7 Å². The summed E-state index contributed by atoms with van der Waals surface area (Å²) in [6, 6.07) is -0.247. The SMILES string of the molecule is N#CCS(=O)(=O)NC(CO)C(=O)O. The van der Waals surface area contributed by atoms with Crippen LogP contribution in [0.3, 0.4) is 0 Å². The maximum absolute atomic E-state index is 10.8. The quantitative estimate of drug-likeness (QED) is 0.473. The monoisotopic (exact) mass is 208 g/mol. The summed E-state index contributed by atoms with van der Waals surface area (Å²) in [7, 11) is -3.94. The summed E-state index contributed by atoms with van der Waals surface area (Å²) in [6.07, 6.45) is 0. The number of sulfonamides is 1. The minimum atomic E-state index is -3.94. The van der Waals surface area contributed by atoms with Gasteiger partial charge in [0.1, 0.15) is 6.04 Å². The van der Waals surface area contributed by atoms with Gasteiger partial charge in [-0.15, -0.1) is 0 Å². The minimum absolute atomic E-state index is 0.837. The van der Waals surface area contributed by atoms with E-state index in [9.17, 15) is 13.2 Å². The molecule has 1 atom stereocenters. The summed E-state index contributed by atoms with van der Waals surface area (Å²) >= 11 is 0. The Morgan fingerprint density at radius 2 is 2.15 bits per heavy atom. The fourth-order valence-electron chi connectivity index (χ4n) is 0.509. The van der Waals surface area contributed by atoms with Crippen LogP contribution < -0.4 is 4.72 Å². The molecule has 0 rings (SSSR count). The number of aliphatic carboxylic acids is 1. The molecule has 3 N–H and O–H groups in total. The number of nitrogens with one attached hydrogen (secondary N) is 1. The van der Waals surface area contributed by atoms with Crippen LogP contribution in [-0.4, -0.2) is 43.0 Å². The molecule has 7 nitrogen and oxygen atoms in total. The number of aliphatic hydroxyl groups is 1. The van der Waals surface area contributed by atoms with Crippen LogP contribution in [0.25, 0.3) is 0 Å². The van der Waals surface area contributed by atoms with Gasteiger partial charge in [-0.3, -0.25) is 4.79 Å². The van der Waals surface area contributed by atoms with E-state index in [1.165, 1.54) is 6.07 Å². The second-order valence-corrected chi connectivity index (χ2v) is 3.86. The maximum Gasteiger partial charge on any atom is 0.324 e. The zero-order valence-electron chi connectivity index (χ0n) is 6.47. The van der Waals surface area contributed by atoms with Crippen LogP contribution in [-0.2, 0) is 14.8 Å². The van der Waals surface area contributed by atoms with Crippen molar-refractivity contribution in [1.29, 1.82) is 5.26 Å². The molecule has 0 radical (unpaired) electrons. The number of nitriles is 1. The third-order valence-corrected chi connectivity index (χ3v) is 2.21. The molecule has 0 aromatic heterocycles. The van der Waals surface area contributed by atoms with E-state index >= 15 is 0 Å². The third kappa shape index (κ3) is 4.41. The summed E-state index contributed by atoms with van der Waals surface area (Å²) < 4.78 is 23.2. The van der Waals surface area contributed by atoms with Crippen LogP contribution in [0, 0.1) is 11.3 Å². The standard InChI is InChI=1S/C5H8N2O5S/c6-1-2-13(11,12)7-4(3-8)5(9)10/h4,7-8H,2-3H2,(H,9,10). The average molecular weight is 208 g/mol. The number of carboxylic acid groups (broad SMARTS) is 1. The molecule has 0 amide bonds. The molecule has 8 heteroatoms. The molecule has 0 aliphatic rings. The molecule has 0 fully saturated rings. The summed E-state index contributed by atoms with van der Waals surface area (Å²) in [4.78, 5) is 10.2. The van der Waals surface area contributed by atoms with Crippen molar-refractivity contribution in [1.82, 2.24) is 4.72 Å². The lowest BCUT2D eigenvalue weighted by Gasteiger charge is -2.09. The Bertz CT molecular complexity index is 316. The number of nitrogens with zero attached hydrogens (tertiary/aromatic N) is 1. The number of carboxylic acids is 1. The topological polar surface area (TPSA) is 127 Å². The van der Waals surface area contributed by atoms with E-state index in [1.807, 2.05) is 0 Å². The first-order chi connectivity index (χ1) is 5.93. The van der Waals surface area contributed by atoms with Gasteiger partial charge in [0.2, 0.25) is 10.0 Å². The maximum atomic E-state index is 10.8. The molecule has 0 saturated heterocycles. The second-order valence-electron chi connectivity index (χ2n) is 2.11. The van der Waals surface area contributed by atoms with Crippen LogP contribution in [0.2, 0.25) is 0 Å². The van der Waals surface area contributed by atoms with E-state index in [0.29, 0.717) is 0 Å². The lowest BCUT2D eigenvalue weighted by molar-refractivity contribution is -0.139. The molecule has 74 valence electrons. The Balaban J connectivity index is 4.42. The van der Waals surface area contributed by atoms with Gasteiger partial charge in [0.25, 0.3) is 0 Å². The van der Waals surface area contributed by atoms with Crippen molar-refractivity contribution >= 4 is 16.0 Å². The Labute approximate surface area is 74.7 Å². The largest absolute Gasteiger partial charge is 0.480 e. The molecule has 1 unspecified atom stereocenters. The van der Waals surface area contributed by atoms with Crippen molar-refractivity contribution in [3.8, 4) is 6.07 Å². The Kier molecular flexibility index (Phi) is 4.33. The highest BCUT2D eigenvalue weighted by Crippen LogP contribution is 1.89. The Morgan fingerprint density at radius 3 is 2.46 bits per heavy atom. The van der Waals surface area contributed by atoms with Gasteiger partial charge in [-0.2, -0.15) is 9.98 Å². The highest BCUT2D eigenvalue weighted by Gasteiger charge is 2.22. The van der Waals surface area contributed by atoms with Crippen molar-refractivity contribution in [2.45, 2.75) is 6.04 Å². The van der Waals surface area contributed by atoms with Crippen molar-refractivity contribution in [2.24, 2.45) is 0 Å². The molecule has 0 aromatic carbocycles. The first-order valence-corrected chi connectivity index (χ1v) is 4.79. The van der Waals surface area contributed by atoms with Crippen LogP contribution in [0.1, 0.15) is 0 Å². The van der Waals surface area contributed by atoms with Crippen molar-refractivity contribution < 1.29 is 23.4 Å². The van der Waals surface area contributed by atoms with Crippen molar-refractivity contribution in [3.05, 3.63) is 0 Å². The van der Waals surface area contributed by atoms with E-state index in [4.69, 9.17) is 15.5 Å². The number of hydrogen-bond acceptors (Lipinski definition) is 5. The predicted octanol–water partition coefficient (Wildman–Crippen LogP) is -2.13. The molecule has 0 bridgehead atoms. The number of aliphatic hydroxyl groups excluding tert-OH is 1. The molecule has 0 aromatic rings. The molecule has 0 heterocycles. The number of carbonyl (C=O) groups is 1. The fraction of sp³-hybridized carbons (Fsp3) is 0.600. The summed E-state index contributed by atoms with van der Waals surface area (Å²) in [5, 5.41) is 24.8. The van der Waals surface area contributed by atoms with Crippen LogP contribution in [0.4, 0.5) is 0 Å². The van der Waals surface area contributed by atoms with E-state index in [2.05, 4.69) is 0 Å². The Hall–Kier alpha value is -1.17. The van der Waals surface area contributed by atoms with Crippen molar-refractivity contribution in [3.63, 3.8) is 0 Å². The van der Waals surface area contributed by atoms with Gasteiger partial charge < -0.3 is 10.2 Å². The van der Waals surface area contributed by atoms with Crippen LogP contribution in [0.15, 0.2) is 0 Å². The first-order valence-electron chi connectivity index (χ1n) is 3.13. The Morgan fingerprint density at radius 1 is 1.62 bits per heavy atom. The van der Waals surface area contributed by atoms with E-state index in [1.54, 1.807) is 4.72 Å². The molecule has 0 spiro atoms. The highest BCUT2D eigenvalue weighted by atomic mass is 32.2. The van der Waals surface area contributed by atoms with Crippen molar-refractivity contribution in [2.75, 3.05) is 12.4 Å². The van der Waals surface area contributed by atoms with Gasteiger partial charge in [0.15, 0.2) is 5.75 Å². The molecular formula is C5H8N2O5S. The lowest BCUT2D eigenvalue weighted by atomic mass is 10.3. The molecular weight excluding hydrogens is 200 g/mol. The first kappa shape index (κ1) is 11.8. The van der Waals surface area contributed by atoms with Gasteiger partial charge >= 0.3 is 5.97 Å². The van der Waals surface area contributed by atoms with Gasteiger partial charge in [-0.1, -0.05) is 0 Å². The highest BCUT2D eigenvalue weighted by molar-refractivity contribution is 7.89. The zero-order valence-corrected chi connectivity index (χ0v) is 7.28. The van der Waals surface area contributed by atoms with E-state index in [0.717, 1.165) is 0 Å². The number of hydrogen-bond donors (Lipinski definition) is 3. The smallest absolute Gasteiger partial charge is 0.324 e. The summed E-state index contributed by atoms with van der Waals surface area (Å²) in [5.41, 5.74) is 0. The molecule has 0 aliphatic heterocycles. The summed E-state index contributed by atoms with van der Waals surface area (Å²) in [6.45, 7) is -0.861. The van der Waals surface area contributed by atoms with E-state index in [-0.39, 0.29) is 0 Å². The molecule has 0 saturated carbocycles. The second kappa shape index (κ2) is 4.76. The zero-order chi connectivity index (χ0) is 10.5. The van der Waals surface area contributed by atoms with Crippen LogP contribution >= 0.6 is 0 Å². The molecule has 0 aliphatic carbocycles. The fourth-order valence-corrected chi connectivity index (χ4v) is 1.37. The normalized spacial score (nSPS) is 13.2. The van der Waals surface area contributed by atoms with Gasteiger partial charge in [-0.25, -0.2) is 8.42 Å². The average Bonchev–Trinajstić information content (AvgIpc) is 1.99. The predicted molar refractivity (Wildman–Crippen MR) is 41.0 cm³/mol. The molecule has 13 heavy (non-hydrogen) atoms. The number of rotatable bonds is 5. The van der Waals surface area contributed by atoms with Crippen LogP contribution in [0.5, 0.6) is 0 Å². The lowest BCUT2D eigenvalue weighted by Crippen LogP contribution is -2.44. The third-order valence-electron chi connectivity index (χ3n) is 1.06. The summed E-state index contributed by atoms with van der Waals surface area (Å²) in [5.74, 6) is -2.33.